The van der Waals surface area contributed by atoms with E-state index in [0.29, 0.717) is 17.9 Å². The number of ketones is 1. The Labute approximate surface area is 112 Å². The van der Waals surface area contributed by atoms with Crippen molar-refractivity contribution in [3.63, 3.8) is 0 Å². The third kappa shape index (κ3) is 2.28. The first-order chi connectivity index (χ1) is 9.25. The van der Waals surface area contributed by atoms with Crippen LogP contribution in [0.3, 0.4) is 0 Å². The topological polar surface area (TPSA) is 39.4 Å². The van der Waals surface area contributed by atoms with Crippen LogP contribution in [-0.4, -0.2) is 12.4 Å². The molecular formula is C16H16O3. The maximum atomic E-state index is 12.5. The highest BCUT2D eigenvalue weighted by atomic mass is 16.5. The van der Waals surface area contributed by atoms with Gasteiger partial charge in [-0.05, 0) is 55.5 Å². The smallest absolute Gasteiger partial charge is 0.231 e. The monoisotopic (exact) mass is 256 g/mol. The Morgan fingerprint density at radius 1 is 1.26 bits per heavy atom. The molecule has 1 aromatic heterocycles. The van der Waals surface area contributed by atoms with Crippen molar-refractivity contribution in [2.75, 3.05) is 6.61 Å². The molecule has 2 aromatic rings. The molecule has 0 atom stereocenters. The van der Waals surface area contributed by atoms with Crippen molar-refractivity contribution in [2.24, 2.45) is 0 Å². The van der Waals surface area contributed by atoms with Crippen LogP contribution in [0.2, 0.25) is 0 Å². The highest BCUT2D eigenvalue weighted by Gasteiger charge is 2.21. The van der Waals surface area contributed by atoms with Crippen molar-refractivity contribution < 1.29 is 13.9 Å². The lowest BCUT2D eigenvalue weighted by Gasteiger charge is -2.12. The van der Waals surface area contributed by atoms with E-state index in [1.54, 1.807) is 12.1 Å². The van der Waals surface area contributed by atoms with Gasteiger partial charge < -0.3 is 9.15 Å². The lowest BCUT2D eigenvalue weighted by Crippen LogP contribution is -2.07. The minimum atomic E-state index is -0.105. The van der Waals surface area contributed by atoms with Crippen molar-refractivity contribution >= 4 is 5.78 Å². The van der Waals surface area contributed by atoms with Crippen molar-refractivity contribution in [2.45, 2.75) is 26.2 Å². The molecule has 0 bridgehead atoms. The first kappa shape index (κ1) is 12.0. The van der Waals surface area contributed by atoms with Crippen LogP contribution in [0.4, 0.5) is 0 Å². The minimum absolute atomic E-state index is 0.105. The fraction of sp³-hybridized carbons (Fsp3) is 0.312. The van der Waals surface area contributed by atoms with Crippen LogP contribution in [0.15, 0.2) is 34.9 Å². The van der Waals surface area contributed by atoms with E-state index in [2.05, 4.69) is 6.07 Å². The average Bonchev–Trinajstić information content (AvgIpc) is 2.83. The van der Waals surface area contributed by atoms with Gasteiger partial charge in [-0.3, -0.25) is 4.79 Å². The number of ether oxygens (including phenoxy) is 1. The molecule has 1 aromatic carbocycles. The number of carbonyl (C=O) groups excluding carboxylic acids is 1. The highest BCUT2D eigenvalue weighted by Crippen LogP contribution is 2.31. The summed E-state index contributed by atoms with van der Waals surface area (Å²) in [5.41, 5.74) is 2.83. The summed E-state index contributed by atoms with van der Waals surface area (Å²) < 4.78 is 11.0. The molecule has 2 heterocycles. The van der Waals surface area contributed by atoms with Gasteiger partial charge >= 0.3 is 0 Å². The standard InChI is InChI=1S/C16H16O3/c1-11-9-12-5-2-3-7-19-16(12)13(10-11)15(17)14-6-4-8-18-14/h4,6,8-10H,2-3,5,7H2,1H3. The van der Waals surface area contributed by atoms with Crippen LogP contribution in [-0.2, 0) is 6.42 Å². The van der Waals surface area contributed by atoms with Crippen LogP contribution in [0, 0.1) is 6.92 Å². The van der Waals surface area contributed by atoms with Crippen molar-refractivity contribution in [3.05, 3.63) is 53.0 Å². The van der Waals surface area contributed by atoms with E-state index in [-0.39, 0.29) is 5.78 Å². The van der Waals surface area contributed by atoms with Gasteiger partial charge in [0.25, 0.3) is 0 Å². The summed E-state index contributed by atoms with van der Waals surface area (Å²) in [6, 6.07) is 7.41. The van der Waals surface area contributed by atoms with Crippen molar-refractivity contribution in [3.8, 4) is 5.75 Å². The van der Waals surface area contributed by atoms with E-state index in [1.807, 2.05) is 13.0 Å². The second-order valence-electron chi connectivity index (χ2n) is 4.91. The summed E-state index contributed by atoms with van der Waals surface area (Å²) in [7, 11) is 0. The van der Waals surface area contributed by atoms with E-state index in [0.717, 1.165) is 36.1 Å². The van der Waals surface area contributed by atoms with Crippen LogP contribution in [0.5, 0.6) is 5.75 Å². The largest absolute Gasteiger partial charge is 0.493 e. The quantitative estimate of drug-likeness (QED) is 0.771. The fourth-order valence-electron chi connectivity index (χ4n) is 2.51. The lowest BCUT2D eigenvalue weighted by molar-refractivity contribution is 0.100. The van der Waals surface area contributed by atoms with Crippen molar-refractivity contribution in [1.29, 1.82) is 0 Å². The highest BCUT2D eigenvalue weighted by molar-refractivity contribution is 6.09. The minimum Gasteiger partial charge on any atom is -0.493 e. The van der Waals surface area contributed by atoms with Gasteiger partial charge in [-0.25, -0.2) is 0 Å². The SMILES string of the molecule is Cc1cc2c(c(C(=O)c3ccco3)c1)OCCCC2. The molecule has 19 heavy (non-hydrogen) atoms. The zero-order valence-electron chi connectivity index (χ0n) is 10.9. The Morgan fingerprint density at radius 2 is 2.16 bits per heavy atom. The lowest BCUT2D eigenvalue weighted by atomic mass is 9.98. The van der Waals surface area contributed by atoms with Crippen LogP contribution < -0.4 is 4.74 Å². The van der Waals surface area contributed by atoms with Gasteiger partial charge in [0.2, 0.25) is 5.78 Å². The van der Waals surface area contributed by atoms with Gasteiger partial charge in [-0.1, -0.05) is 6.07 Å². The van der Waals surface area contributed by atoms with E-state index in [1.165, 1.54) is 6.26 Å². The maximum absolute atomic E-state index is 12.5. The number of aryl methyl sites for hydroxylation is 2. The summed E-state index contributed by atoms with van der Waals surface area (Å²) >= 11 is 0. The van der Waals surface area contributed by atoms with Gasteiger partial charge in [0.05, 0.1) is 18.4 Å². The maximum Gasteiger partial charge on any atom is 0.231 e. The molecule has 0 fully saturated rings. The molecule has 1 aliphatic rings. The molecule has 0 spiro atoms. The van der Waals surface area contributed by atoms with Crippen LogP contribution in [0.25, 0.3) is 0 Å². The number of rotatable bonds is 2. The second-order valence-corrected chi connectivity index (χ2v) is 4.91. The predicted octanol–water partition coefficient (Wildman–Crippen LogP) is 3.53. The number of carbonyl (C=O) groups is 1. The first-order valence-corrected chi connectivity index (χ1v) is 6.60. The Hall–Kier alpha value is -2.03. The summed E-state index contributed by atoms with van der Waals surface area (Å²) in [6.07, 6.45) is 4.62. The third-order valence-corrected chi connectivity index (χ3v) is 3.39. The van der Waals surface area contributed by atoms with Crippen LogP contribution >= 0.6 is 0 Å². The molecule has 0 N–H and O–H groups in total. The van der Waals surface area contributed by atoms with E-state index >= 15 is 0 Å². The summed E-state index contributed by atoms with van der Waals surface area (Å²) in [5, 5.41) is 0. The van der Waals surface area contributed by atoms with Gasteiger partial charge in [0, 0.05) is 0 Å². The molecule has 0 unspecified atom stereocenters. The Balaban J connectivity index is 2.10. The Kier molecular flexibility index (Phi) is 3.11. The van der Waals surface area contributed by atoms with Gasteiger partial charge in [0.1, 0.15) is 5.75 Å². The Bertz CT molecular complexity index is 597. The number of hydrogen-bond acceptors (Lipinski definition) is 3. The normalized spacial score (nSPS) is 14.4. The Morgan fingerprint density at radius 3 is 2.95 bits per heavy atom. The molecule has 0 aliphatic carbocycles. The first-order valence-electron chi connectivity index (χ1n) is 6.60. The van der Waals surface area contributed by atoms with Crippen LogP contribution in [0.1, 0.15) is 40.1 Å². The van der Waals surface area contributed by atoms with E-state index in [9.17, 15) is 4.79 Å². The molecule has 3 rings (SSSR count). The number of hydrogen-bond donors (Lipinski definition) is 0. The molecular weight excluding hydrogens is 240 g/mol. The fourth-order valence-corrected chi connectivity index (χ4v) is 2.51. The molecule has 0 saturated carbocycles. The molecule has 3 heteroatoms. The van der Waals surface area contributed by atoms with Gasteiger partial charge in [0.15, 0.2) is 5.76 Å². The van der Waals surface area contributed by atoms with E-state index < -0.39 is 0 Å². The number of furan rings is 1. The molecule has 1 aliphatic heterocycles. The molecule has 3 nitrogen and oxygen atoms in total. The molecule has 98 valence electrons. The zero-order valence-corrected chi connectivity index (χ0v) is 10.9. The molecule has 0 radical (unpaired) electrons. The van der Waals surface area contributed by atoms with Crippen molar-refractivity contribution in [1.82, 2.24) is 0 Å². The second kappa shape index (κ2) is 4.92. The zero-order chi connectivity index (χ0) is 13.2. The molecule has 0 saturated heterocycles. The summed E-state index contributed by atoms with van der Waals surface area (Å²) in [5.74, 6) is 0.997. The summed E-state index contributed by atoms with van der Waals surface area (Å²) in [4.78, 5) is 12.5. The number of benzene rings is 1. The van der Waals surface area contributed by atoms with Gasteiger partial charge in [-0.15, -0.1) is 0 Å². The predicted molar refractivity (Wildman–Crippen MR) is 71.8 cm³/mol. The van der Waals surface area contributed by atoms with E-state index in [4.69, 9.17) is 9.15 Å². The number of fused-ring (bicyclic) bond motifs is 1. The third-order valence-electron chi connectivity index (χ3n) is 3.39. The average molecular weight is 256 g/mol. The van der Waals surface area contributed by atoms with Gasteiger partial charge in [-0.2, -0.15) is 0 Å². The summed E-state index contributed by atoms with van der Waals surface area (Å²) in [6.45, 7) is 2.68. The molecule has 0 amide bonds.